The highest BCUT2D eigenvalue weighted by atomic mass is 127. The highest BCUT2D eigenvalue weighted by molar-refractivity contribution is 14.1. The molecule has 1 aromatic rings. The number of rotatable bonds is 6. The van der Waals surface area contributed by atoms with Crippen LogP contribution in [0, 0.1) is 10.5 Å². The number of nitrogens with one attached hydrogen (secondary N) is 1. The molecule has 0 aromatic heterocycles. The molecule has 0 spiro atoms. The van der Waals surface area contributed by atoms with Crippen LogP contribution in [0.3, 0.4) is 0 Å². The molecular weight excluding hydrogens is 351 g/mol. The molecule has 1 N–H and O–H groups in total. The standard InChI is InChI=1S/C15H23IN2O/c1-11(2)18(4)10-6-9-17-15(19)13-8-5-7-12(3)14(13)16/h5,7-8,11H,6,9-10H2,1-4H3,(H,17,19). The molecule has 0 heterocycles. The van der Waals surface area contributed by atoms with Gasteiger partial charge >= 0.3 is 0 Å². The molecule has 1 amide bonds. The summed E-state index contributed by atoms with van der Waals surface area (Å²) < 4.78 is 1.04. The Morgan fingerprint density at radius 2 is 2.11 bits per heavy atom. The maximum Gasteiger partial charge on any atom is 0.252 e. The third-order valence-corrected chi connectivity index (χ3v) is 4.72. The lowest BCUT2D eigenvalue weighted by molar-refractivity contribution is 0.0950. The lowest BCUT2D eigenvalue weighted by Crippen LogP contribution is -2.31. The Bertz CT molecular complexity index is 432. The summed E-state index contributed by atoms with van der Waals surface area (Å²) in [6, 6.07) is 6.38. The van der Waals surface area contributed by atoms with E-state index in [1.54, 1.807) is 0 Å². The van der Waals surface area contributed by atoms with Crippen LogP contribution in [0.1, 0.15) is 36.2 Å². The molecule has 0 aliphatic carbocycles. The highest BCUT2D eigenvalue weighted by Gasteiger charge is 2.10. The molecule has 0 saturated heterocycles. The Kier molecular flexibility index (Phi) is 6.79. The van der Waals surface area contributed by atoms with Crippen molar-refractivity contribution in [2.45, 2.75) is 33.2 Å². The number of aryl methyl sites for hydroxylation is 1. The quantitative estimate of drug-likeness (QED) is 0.613. The summed E-state index contributed by atoms with van der Waals surface area (Å²) in [5.41, 5.74) is 1.92. The lowest BCUT2D eigenvalue weighted by atomic mass is 10.1. The molecule has 0 bridgehead atoms. The van der Waals surface area contributed by atoms with Gasteiger partial charge in [-0.15, -0.1) is 0 Å². The van der Waals surface area contributed by atoms with Crippen molar-refractivity contribution in [3.63, 3.8) is 0 Å². The van der Waals surface area contributed by atoms with Gasteiger partial charge in [-0.2, -0.15) is 0 Å². The van der Waals surface area contributed by atoms with Crippen LogP contribution in [0.5, 0.6) is 0 Å². The van der Waals surface area contributed by atoms with Crippen LogP contribution in [0.4, 0.5) is 0 Å². The van der Waals surface area contributed by atoms with Crippen LogP contribution in [-0.2, 0) is 0 Å². The maximum atomic E-state index is 12.1. The van der Waals surface area contributed by atoms with Gasteiger partial charge in [0.25, 0.3) is 5.91 Å². The van der Waals surface area contributed by atoms with E-state index in [2.05, 4.69) is 53.7 Å². The van der Waals surface area contributed by atoms with Gasteiger partial charge in [-0.25, -0.2) is 0 Å². The van der Waals surface area contributed by atoms with Crippen molar-refractivity contribution in [2.75, 3.05) is 20.1 Å². The summed E-state index contributed by atoms with van der Waals surface area (Å²) in [7, 11) is 2.11. The third-order valence-electron chi connectivity index (χ3n) is 3.29. The minimum atomic E-state index is 0.0281. The molecule has 0 aliphatic heterocycles. The largest absolute Gasteiger partial charge is 0.352 e. The minimum absolute atomic E-state index is 0.0281. The molecule has 0 aliphatic rings. The van der Waals surface area contributed by atoms with Crippen LogP contribution in [-0.4, -0.2) is 37.0 Å². The van der Waals surface area contributed by atoms with Crippen molar-refractivity contribution in [1.29, 1.82) is 0 Å². The molecule has 0 radical (unpaired) electrons. The number of hydrogen-bond acceptors (Lipinski definition) is 2. The van der Waals surface area contributed by atoms with E-state index in [0.717, 1.165) is 34.2 Å². The Labute approximate surface area is 129 Å². The average molecular weight is 374 g/mol. The lowest BCUT2D eigenvalue weighted by Gasteiger charge is -2.20. The Morgan fingerprint density at radius 3 is 2.74 bits per heavy atom. The number of halogens is 1. The van der Waals surface area contributed by atoms with Crippen LogP contribution in [0.25, 0.3) is 0 Å². The van der Waals surface area contributed by atoms with E-state index in [9.17, 15) is 4.79 Å². The van der Waals surface area contributed by atoms with E-state index in [-0.39, 0.29) is 5.91 Å². The number of benzene rings is 1. The molecule has 0 atom stereocenters. The fraction of sp³-hybridized carbons (Fsp3) is 0.533. The van der Waals surface area contributed by atoms with E-state index in [0.29, 0.717) is 6.04 Å². The highest BCUT2D eigenvalue weighted by Crippen LogP contribution is 2.16. The van der Waals surface area contributed by atoms with Gasteiger partial charge in [0.05, 0.1) is 5.56 Å². The van der Waals surface area contributed by atoms with Crippen LogP contribution < -0.4 is 5.32 Å². The second kappa shape index (κ2) is 7.85. The summed E-state index contributed by atoms with van der Waals surface area (Å²) in [6.45, 7) is 8.10. The fourth-order valence-corrected chi connectivity index (χ4v) is 2.31. The average Bonchev–Trinajstić information content (AvgIpc) is 2.37. The zero-order chi connectivity index (χ0) is 14.4. The van der Waals surface area contributed by atoms with Gasteiger partial charge in [0.2, 0.25) is 0 Å². The Hall–Kier alpha value is -0.620. The first-order valence-electron chi connectivity index (χ1n) is 6.67. The van der Waals surface area contributed by atoms with Crippen LogP contribution in [0.15, 0.2) is 18.2 Å². The van der Waals surface area contributed by atoms with E-state index >= 15 is 0 Å². The summed E-state index contributed by atoms with van der Waals surface area (Å²) in [6.07, 6.45) is 0.975. The van der Waals surface area contributed by atoms with Gasteiger partial charge in [0.15, 0.2) is 0 Å². The van der Waals surface area contributed by atoms with E-state index < -0.39 is 0 Å². The van der Waals surface area contributed by atoms with Crippen molar-refractivity contribution in [3.8, 4) is 0 Å². The third kappa shape index (κ3) is 5.10. The normalized spacial score (nSPS) is 11.1. The smallest absolute Gasteiger partial charge is 0.252 e. The molecule has 1 aromatic carbocycles. The number of nitrogens with zero attached hydrogens (tertiary/aromatic N) is 1. The van der Waals surface area contributed by atoms with Crippen molar-refractivity contribution < 1.29 is 4.79 Å². The topological polar surface area (TPSA) is 32.3 Å². The first kappa shape index (κ1) is 16.4. The second-order valence-corrected chi connectivity index (χ2v) is 6.20. The Balaban J connectivity index is 2.42. The zero-order valence-electron chi connectivity index (χ0n) is 12.2. The molecule has 1 rings (SSSR count). The van der Waals surface area contributed by atoms with E-state index in [1.165, 1.54) is 0 Å². The Morgan fingerprint density at radius 1 is 1.42 bits per heavy atom. The summed E-state index contributed by atoms with van der Waals surface area (Å²) in [4.78, 5) is 14.3. The number of carbonyl (C=O) groups is 1. The number of carbonyl (C=O) groups excluding carboxylic acids is 1. The van der Waals surface area contributed by atoms with E-state index in [4.69, 9.17) is 0 Å². The van der Waals surface area contributed by atoms with Crippen LogP contribution >= 0.6 is 22.6 Å². The van der Waals surface area contributed by atoms with Gasteiger partial charge in [-0.3, -0.25) is 4.79 Å². The fourth-order valence-electron chi connectivity index (χ4n) is 1.71. The number of hydrogen-bond donors (Lipinski definition) is 1. The molecule has 3 nitrogen and oxygen atoms in total. The minimum Gasteiger partial charge on any atom is -0.352 e. The van der Waals surface area contributed by atoms with Gasteiger partial charge in [-0.1, -0.05) is 12.1 Å². The molecule has 0 unspecified atom stereocenters. The molecule has 19 heavy (non-hydrogen) atoms. The van der Waals surface area contributed by atoms with Gasteiger partial charge < -0.3 is 10.2 Å². The van der Waals surface area contributed by atoms with Gasteiger partial charge in [-0.05, 0) is 75.0 Å². The van der Waals surface area contributed by atoms with Crippen molar-refractivity contribution in [2.24, 2.45) is 0 Å². The maximum absolute atomic E-state index is 12.1. The van der Waals surface area contributed by atoms with Crippen molar-refractivity contribution in [3.05, 3.63) is 32.9 Å². The van der Waals surface area contributed by atoms with E-state index in [1.807, 2.05) is 25.1 Å². The molecule has 0 saturated carbocycles. The monoisotopic (exact) mass is 374 g/mol. The predicted octanol–water partition coefficient (Wildman–Crippen LogP) is 3.06. The molecular formula is C15H23IN2O. The zero-order valence-corrected chi connectivity index (χ0v) is 14.3. The molecule has 106 valence electrons. The SMILES string of the molecule is Cc1cccc(C(=O)NCCCN(C)C(C)C)c1I. The van der Waals surface area contributed by atoms with Crippen molar-refractivity contribution in [1.82, 2.24) is 10.2 Å². The van der Waals surface area contributed by atoms with Gasteiger partial charge in [0.1, 0.15) is 0 Å². The predicted molar refractivity (Wildman–Crippen MR) is 88.6 cm³/mol. The molecule has 0 fully saturated rings. The first-order valence-corrected chi connectivity index (χ1v) is 7.75. The second-order valence-electron chi connectivity index (χ2n) is 5.12. The van der Waals surface area contributed by atoms with Crippen molar-refractivity contribution >= 4 is 28.5 Å². The van der Waals surface area contributed by atoms with Gasteiger partial charge in [0, 0.05) is 16.2 Å². The first-order chi connectivity index (χ1) is 8.93. The molecule has 4 heteroatoms. The summed E-state index contributed by atoms with van der Waals surface area (Å²) in [5.74, 6) is 0.0281. The number of amides is 1. The van der Waals surface area contributed by atoms with Crippen LogP contribution in [0.2, 0.25) is 0 Å². The summed E-state index contributed by atoms with van der Waals surface area (Å²) >= 11 is 2.23. The summed E-state index contributed by atoms with van der Waals surface area (Å²) in [5, 5.41) is 2.99.